The van der Waals surface area contributed by atoms with Gasteiger partial charge in [-0.3, -0.25) is 0 Å². The molecule has 1 aromatic heterocycles. The fraction of sp³-hybridized carbons (Fsp3) is 0.182. The molecule has 4 nitrogen and oxygen atoms in total. The number of nitrogens with zero attached hydrogens (tertiary/aromatic N) is 2. The van der Waals surface area contributed by atoms with Crippen LogP contribution in [-0.2, 0) is 15.6 Å². The minimum Gasteiger partial charge on any atom is -0.335 e. The maximum Gasteiger partial charge on any atom is 0.280 e. The molecule has 0 saturated heterocycles. The average molecular weight is 303 g/mol. The Bertz CT molecular complexity index is 611. The molecule has 96 valence electrons. The molecule has 0 bridgehead atoms. The van der Waals surface area contributed by atoms with Crippen molar-refractivity contribution in [2.45, 2.75) is 16.5 Å². The molecule has 0 saturated carbocycles. The summed E-state index contributed by atoms with van der Waals surface area (Å²) >= 11 is 1.70. The molecule has 0 N–H and O–H groups in total. The van der Waals surface area contributed by atoms with E-state index in [1.54, 1.807) is 16.3 Å². The highest BCUT2D eigenvalue weighted by Crippen LogP contribution is 2.17. The Morgan fingerprint density at radius 3 is 2.61 bits per heavy atom. The summed E-state index contributed by atoms with van der Waals surface area (Å²) in [6, 6.07) is 10.0. The SMILES string of the molecule is O=S(=O)(Cl)c1cn(CCSc2ccccc2)cn1. The van der Waals surface area contributed by atoms with Gasteiger partial charge >= 0.3 is 0 Å². The third-order valence-corrected chi connectivity index (χ3v) is 4.40. The lowest BCUT2D eigenvalue weighted by molar-refractivity contribution is 0.606. The van der Waals surface area contributed by atoms with E-state index in [1.807, 2.05) is 30.3 Å². The molecule has 7 heteroatoms. The van der Waals surface area contributed by atoms with Crippen molar-refractivity contribution in [3.63, 3.8) is 0 Å². The van der Waals surface area contributed by atoms with Crippen LogP contribution in [0.2, 0.25) is 0 Å². The van der Waals surface area contributed by atoms with Gasteiger partial charge in [-0.25, -0.2) is 13.4 Å². The number of halogens is 1. The molecular formula is C11H11ClN2O2S2. The summed E-state index contributed by atoms with van der Waals surface area (Å²) in [6.45, 7) is 0.680. The van der Waals surface area contributed by atoms with Gasteiger partial charge in [0.15, 0.2) is 5.03 Å². The van der Waals surface area contributed by atoms with Crippen LogP contribution in [0.5, 0.6) is 0 Å². The largest absolute Gasteiger partial charge is 0.335 e. The third-order valence-electron chi connectivity index (χ3n) is 2.22. The maximum atomic E-state index is 11.0. The zero-order valence-electron chi connectivity index (χ0n) is 9.36. The number of benzene rings is 1. The lowest BCUT2D eigenvalue weighted by Crippen LogP contribution is -1.97. The van der Waals surface area contributed by atoms with Gasteiger partial charge in [-0.05, 0) is 12.1 Å². The molecule has 1 aromatic carbocycles. The topological polar surface area (TPSA) is 52.0 Å². The highest BCUT2D eigenvalue weighted by atomic mass is 35.7. The summed E-state index contributed by atoms with van der Waals surface area (Å²) in [6.07, 6.45) is 2.91. The summed E-state index contributed by atoms with van der Waals surface area (Å²) < 4.78 is 23.8. The number of hydrogen-bond donors (Lipinski definition) is 0. The van der Waals surface area contributed by atoms with Crippen molar-refractivity contribution in [2.75, 3.05) is 5.75 Å². The normalized spacial score (nSPS) is 11.6. The minimum atomic E-state index is -3.73. The van der Waals surface area contributed by atoms with Gasteiger partial charge < -0.3 is 4.57 Å². The summed E-state index contributed by atoms with van der Waals surface area (Å²) in [5.41, 5.74) is 0. The van der Waals surface area contributed by atoms with E-state index in [9.17, 15) is 8.42 Å². The number of thioether (sulfide) groups is 1. The smallest absolute Gasteiger partial charge is 0.280 e. The quantitative estimate of drug-likeness (QED) is 0.629. The third kappa shape index (κ3) is 3.76. The van der Waals surface area contributed by atoms with Crippen LogP contribution in [-0.4, -0.2) is 23.7 Å². The molecule has 18 heavy (non-hydrogen) atoms. The van der Waals surface area contributed by atoms with Gasteiger partial charge in [-0.2, -0.15) is 0 Å². The van der Waals surface area contributed by atoms with Crippen LogP contribution >= 0.6 is 22.4 Å². The molecule has 0 amide bonds. The van der Waals surface area contributed by atoms with Crippen LogP contribution in [0.3, 0.4) is 0 Å². The Kier molecular flexibility index (Phi) is 4.31. The fourth-order valence-corrected chi connectivity index (χ4v) is 2.93. The Balaban J connectivity index is 1.90. The van der Waals surface area contributed by atoms with E-state index >= 15 is 0 Å². The number of imidazole rings is 1. The number of rotatable bonds is 5. The van der Waals surface area contributed by atoms with Crippen LogP contribution in [0, 0.1) is 0 Å². The molecule has 0 spiro atoms. The molecule has 2 rings (SSSR count). The first-order valence-electron chi connectivity index (χ1n) is 5.20. The predicted molar refractivity (Wildman–Crippen MR) is 72.4 cm³/mol. The molecule has 2 aromatic rings. The van der Waals surface area contributed by atoms with E-state index in [0.717, 1.165) is 5.75 Å². The minimum absolute atomic E-state index is 0.103. The first-order valence-corrected chi connectivity index (χ1v) is 8.49. The highest BCUT2D eigenvalue weighted by molar-refractivity contribution is 8.13. The Morgan fingerprint density at radius 1 is 1.28 bits per heavy atom. The first kappa shape index (κ1) is 13.5. The standard InChI is InChI=1S/C11H11ClN2O2S2/c12-18(15,16)11-8-14(9-13-11)6-7-17-10-4-2-1-3-5-10/h1-5,8-9H,6-7H2. The Morgan fingerprint density at radius 2 is 2.00 bits per heavy atom. The number of aryl methyl sites for hydroxylation is 1. The van der Waals surface area contributed by atoms with E-state index in [1.165, 1.54) is 17.4 Å². The van der Waals surface area contributed by atoms with Crippen molar-refractivity contribution in [3.8, 4) is 0 Å². The summed E-state index contributed by atoms with van der Waals surface area (Å²) in [5.74, 6) is 0.835. The highest BCUT2D eigenvalue weighted by Gasteiger charge is 2.12. The molecule has 0 atom stereocenters. The predicted octanol–water partition coefficient (Wildman–Crippen LogP) is 2.60. The van der Waals surface area contributed by atoms with Crippen molar-refractivity contribution in [1.29, 1.82) is 0 Å². The second-order valence-electron chi connectivity index (χ2n) is 3.55. The van der Waals surface area contributed by atoms with E-state index in [0.29, 0.717) is 6.54 Å². The second-order valence-corrected chi connectivity index (χ2v) is 7.23. The lowest BCUT2D eigenvalue weighted by Gasteiger charge is -2.02. The van der Waals surface area contributed by atoms with Crippen molar-refractivity contribution < 1.29 is 8.42 Å². The molecule has 0 radical (unpaired) electrons. The molecule has 0 unspecified atom stereocenters. The summed E-state index contributed by atoms with van der Waals surface area (Å²) in [5, 5.41) is -0.103. The molecule has 0 aliphatic carbocycles. The van der Waals surface area contributed by atoms with Crippen molar-refractivity contribution in [2.24, 2.45) is 0 Å². The molecule has 0 fully saturated rings. The number of hydrogen-bond acceptors (Lipinski definition) is 4. The average Bonchev–Trinajstić information content (AvgIpc) is 2.79. The summed E-state index contributed by atoms with van der Waals surface area (Å²) in [7, 11) is 1.47. The van der Waals surface area contributed by atoms with Gasteiger partial charge in [-0.1, -0.05) is 18.2 Å². The molecule has 1 heterocycles. The molecule has 0 aliphatic rings. The fourth-order valence-electron chi connectivity index (χ4n) is 1.37. The lowest BCUT2D eigenvalue weighted by atomic mass is 10.4. The Hall–Kier alpha value is -0.980. The van der Waals surface area contributed by atoms with Crippen LogP contribution in [0.1, 0.15) is 0 Å². The summed E-state index contributed by atoms with van der Waals surface area (Å²) in [4.78, 5) is 4.93. The number of aromatic nitrogens is 2. The van der Waals surface area contributed by atoms with Crippen molar-refractivity contribution in [1.82, 2.24) is 9.55 Å². The van der Waals surface area contributed by atoms with E-state index in [2.05, 4.69) is 4.98 Å². The second kappa shape index (κ2) is 5.77. The first-order chi connectivity index (χ1) is 8.55. The van der Waals surface area contributed by atoms with Crippen molar-refractivity contribution >= 4 is 31.5 Å². The molecule has 0 aliphatic heterocycles. The van der Waals surface area contributed by atoms with Crippen LogP contribution in [0.25, 0.3) is 0 Å². The van der Waals surface area contributed by atoms with E-state index in [-0.39, 0.29) is 5.03 Å². The van der Waals surface area contributed by atoms with Crippen molar-refractivity contribution in [3.05, 3.63) is 42.9 Å². The van der Waals surface area contributed by atoms with E-state index in [4.69, 9.17) is 10.7 Å². The van der Waals surface area contributed by atoms with Crippen LogP contribution < -0.4 is 0 Å². The van der Waals surface area contributed by atoms with Gasteiger partial charge in [0.05, 0.1) is 6.33 Å². The van der Waals surface area contributed by atoms with E-state index < -0.39 is 9.05 Å². The zero-order valence-corrected chi connectivity index (χ0v) is 11.7. The van der Waals surface area contributed by atoms with Gasteiger partial charge in [0.2, 0.25) is 0 Å². The maximum absolute atomic E-state index is 11.0. The zero-order chi connectivity index (χ0) is 13.0. The monoisotopic (exact) mass is 302 g/mol. The van der Waals surface area contributed by atoms with Crippen LogP contribution in [0.4, 0.5) is 0 Å². The van der Waals surface area contributed by atoms with Crippen LogP contribution in [0.15, 0.2) is 52.8 Å². The molecular weight excluding hydrogens is 292 g/mol. The van der Waals surface area contributed by atoms with Gasteiger partial charge in [0, 0.05) is 34.1 Å². The van der Waals surface area contributed by atoms with Gasteiger partial charge in [0.1, 0.15) is 0 Å². The Labute approximate surface area is 114 Å². The van der Waals surface area contributed by atoms with Gasteiger partial charge in [0.25, 0.3) is 9.05 Å². The van der Waals surface area contributed by atoms with Gasteiger partial charge in [-0.15, -0.1) is 11.8 Å².